The number of carboxylic acid groups (broad SMARTS) is 1. The Hall–Kier alpha value is -3.37. The van der Waals surface area contributed by atoms with Crippen molar-refractivity contribution in [3.05, 3.63) is 68.6 Å². The summed E-state index contributed by atoms with van der Waals surface area (Å²) in [6.07, 6.45) is 0. The number of para-hydroxylation sites is 1. The third kappa shape index (κ3) is 4.00. The molecule has 30 heavy (non-hydrogen) atoms. The SMILES string of the molecule is Cc1cc(S(=O)(=O)Nc2ccccc2-c2nc(C(=O)O)c(O)c(=O)[nH]2)c(C)cc1Cl. The molecule has 0 aliphatic rings. The Morgan fingerprint density at radius 1 is 1.17 bits per heavy atom. The van der Waals surface area contributed by atoms with Gasteiger partial charge in [-0.1, -0.05) is 23.7 Å². The summed E-state index contributed by atoms with van der Waals surface area (Å²) >= 11 is 6.04. The fourth-order valence-corrected chi connectivity index (χ4v) is 4.38. The summed E-state index contributed by atoms with van der Waals surface area (Å²) in [6, 6.07) is 8.95. The average molecular weight is 450 g/mol. The first-order valence-corrected chi connectivity index (χ1v) is 10.3. The zero-order chi connectivity index (χ0) is 22.2. The fourth-order valence-electron chi connectivity index (χ4n) is 2.77. The molecule has 3 rings (SSSR count). The number of aryl methyl sites for hydroxylation is 2. The van der Waals surface area contributed by atoms with Crippen molar-refractivity contribution in [2.45, 2.75) is 18.7 Å². The summed E-state index contributed by atoms with van der Waals surface area (Å²) in [5.74, 6) is -2.88. The number of anilines is 1. The second-order valence-corrected chi connectivity index (χ2v) is 8.49. The van der Waals surface area contributed by atoms with Crippen molar-refractivity contribution in [1.82, 2.24) is 9.97 Å². The number of carbonyl (C=O) groups is 1. The summed E-state index contributed by atoms with van der Waals surface area (Å²) in [5.41, 5.74) is -0.750. The first kappa shape index (κ1) is 21.3. The van der Waals surface area contributed by atoms with E-state index in [4.69, 9.17) is 16.7 Å². The first-order valence-electron chi connectivity index (χ1n) is 8.47. The van der Waals surface area contributed by atoms with Crippen LogP contribution in [0, 0.1) is 13.8 Å². The molecular formula is C19H16ClN3O6S. The molecule has 4 N–H and O–H groups in total. The van der Waals surface area contributed by atoms with E-state index in [1.54, 1.807) is 26.0 Å². The molecule has 11 heteroatoms. The lowest BCUT2D eigenvalue weighted by atomic mass is 10.1. The molecule has 1 heterocycles. The number of benzene rings is 2. The van der Waals surface area contributed by atoms with Gasteiger partial charge in [0.15, 0.2) is 5.69 Å². The highest BCUT2D eigenvalue weighted by molar-refractivity contribution is 7.92. The predicted octanol–water partition coefficient (Wildman–Crippen LogP) is 2.91. The van der Waals surface area contributed by atoms with Gasteiger partial charge in [-0.25, -0.2) is 18.2 Å². The Balaban J connectivity index is 2.13. The number of nitrogens with one attached hydrogen (secondary N) is 2. The van der Waals surface area contributed by atoms with Gasteiger partial charge in [0.05, 0.1) is 10.6 Å². The molecule has 9 nitrogen and oxygen atoms in total. The first-order chi connectivity index (χ1) is 14.0. The summed E-state index contributed by atoms with van der Waals surface area (Å²) in [5, 5.41) is 19.2. The molecule has 0 saturated carbocycles. The molecule has 1 aromatic heterocycles. The number of H-pyrrole nitrogens is 1. The number of nitrogens with zero attached hydrogens (tertiary/aromatic N) is 1. The van der Waals surface area contributed by atoms with E-state index in [-0.39, 0.29) is 22.0 Å². The standard InChI is InChI=1S/C19H16ClN3O6S/c1-9-8-14(10(2)7-12(9)20)30(28,29)23-13-6-4-3-5-11(13)17-21-15(19(26)27)16(24)18(25)22-17/h3-8,23-24H,1-2H3,(H,26,27)(H,21,22,25). The van der Waals surface area contributed by atoms with Gasteiger partial charge in [-0.05, 0) is 49.2 Å². The van der Waals surface area contributed by atoms with Gasteiger partial charge < -0.3 is 15.2 Å². The third-order valence-electron chi connectivity index (χ3n) is 4.27. The van der Waals surface area contributed by atoms with Crippen molar-refractivity contribution in [1.29, 1.82) is 0 Å². The third-order valence-corrected chi connectivity index (χ3v) is 6.18. The van der Waals surface area contributed by atoms with Crippen LogP contribution in [0.1, 0.15) is 21.6 Å². The maximum atomic E-state index is 13.0. The van der Waals surface area contributed by atoms with Crippen LogP contribution in [-0.4, -0.2) is 34.6 Å². The van der Waals surface area contributed by atoms with E-state index in [0.717, 1.165) is 0 Å². The molecule has 3 aromatic rings. The Kier molecular flexibility index (Phi) is 5.55. The van der Waals surface area contributed by atoms with Gasteiger partial charge in [0.1, 0.15) is 5.82 Å². The number of aromatic nitrogens is 2. The highest BCUT2D eigenvalue weighted by Gasteiger charge is 2.22. The number of aromatic carboxylic acids is 1. The molecular weight excluding hydrogens is 434 g/mol. The molecule has 0 radical (unpaired) electrons. The van der Waals surface area contributed by atoms with E-state index < -0.39 is 33.0 Å². The van der Waals surface area contributed by atoms with Crippen LogP contribution < -0.4 is 10.3 Å². The van der Waals surface area contributed by atoms with Crippen molar-refractivity contribution in [3.8, 4) is 17.1 Å². The number of hydrogen-bond acceptors (Lipinski definition) is 6. The van der Waals surface area contributed by atoms with Crippen LogP contribution in [0.4, 0.5) is 5.69 Å². The van der Waals surface area contributed by atoms with Crippen LogP contribution in [0.3, 0.4) is 0 Å². The minimum Gasteiger partial charge on any atom is -0.501 e. The summed E-state index contributed by atoms with van der Waals surface area (Å²) in [4.78, 5) is 29.2. The van der Waals surface area contributed by atoms with Crippen molar-refractivity contribution in [2.75, 3.05) is 4.72 Å². The average Bonchev–Trinajstić information content (AvgIpc) is 2.66. The van der Waals surface area contributed by atoms with Crippen LogP contribution in [0.25, 0.3) is 11.4 Å². The van der Waals surface area contributed by atoms with Crippen molar-refractivity contribution in [3.63, 3.8) is 0 Å². The number of aromatic amines is 1. The monoisotopic (exact) mass is 449 g/mol. The van der Waals surface area contributed by atoms with Gasteiger partial charge in [-0.3, -0.25) is 9.52 Å². The van der Waals surface area contributed by atoms with Gasteiger partial charge >= 0.3 is 5.97 Å². The number of carboxylic acids is 1. The predicted molar refractivity (Wildman–Crippen MR) is 111 cm³/mol. The molecule has 0 aliphatic carbocycles. The summed E-state index contributed by atoms with van der Waals surface area (Å²) in [6.45, 7) is 3.28. The van der Waals surface area contributed by atoms with Crippen LogP contribution in [-0.2, 0) is 10.0 Å². The minimum atomic E-state index is -4.05. The van der Waals surface area contributed by atoms with Gasteiger partial charge in [0.25, 0.3) is 15.6 Å². The summed E-state index contributed by atoms with van der Waals surface area (Å²) < 4.78 is 28.4. The van der Waals surface area contributed by atoms with Gasteiger partial charge in [-0.15, -0.1) is 0 Å². The Morgan fingerprint density at radius 3 is 2.50 bits per heavy atom. The van der Waals surface area contributed by atoms with E-state index in [0.29, 0.717) is 16.1 Å². The fraction of sp³-hybridized carbons (Fsp3) is 0.105. The van der Waals surface area contributed by atoms with Crippen LogP contribution in [0.5, 0.6) is 5.75 Å². The molecule has 0 fully saturated rings. The lowest BCUT2D eigenvalue weighted by Gasteiger charge is -2.15. The van der Waals surface area contributed by atoms with Gasteiger partial charge in [0, 0.05) is 10.6 Å². The van der Waals surface area contributed by atoms with E-state index in [2.05, 4.69) is 14.7 Å². The van der Waals surface area contributed by atoms with Crippen molar-refractivity contribution in [2.24, 2.45) is 0 Å². The molecule has 0 bridgehead atoms. The lowest BCUT2D eigenvalue weighted by molar-refractivity contribution is 0.0686. The Labute approximate surface area is 176 Å². The Morgan fingerprint density at radius 2 is 1.83 bits per heavy atom. The number of rotatable bonds is 5. The second-order valence-electron chi connectivity index (χ2n) is 6.43. The molecule has 0 unspecified atom stereocenters. The maximum Gasteiger partial charge on any atom is 0.358 e. The van der Waals surface area contributed by atoms with E-state index >= 15 is 0 Å². The normalized spacial score (nSPS) is 11.3. The van der Waals surface area contributed by atoms with Crippen LogP contribution >= 0.6 is 11.6 Å². The Bertz CT molecular complexity index is 1330. The molecule has 156 valence electrons. The molecule has 0 amide bonds. The molecule has 0 aliphatic heterocycles. The molecule has 0 atom stereocenters. The largest absolute Gasteiger partial charge is 0.501 e. The molecule has 0 saturated heterocycles. The quantitative estimate of drug-likeness (QED) is 0.467. The number of hydrogen-bond donors (Lipinski definition) is 4. The van der Waals surface area contributed by atoms with Gasteiger partial charge in [0.2, 0.25) is 5.75 Å². The van der Waals surface area contributed by atoms with E-state index in [1.165, 1.54) is 24.3 Å². The smallest absolute Gasteiger partial charge is 0.358 e. The maximum absolute atomic E-state index is 13.0. The van der Waals surface area contributed by atoms with E-state index in [9.17, 15) is 23.1 Å². The highest BCUT2D eigenvalue weighted by atomic mass is 35.5. The van der Waals surface area contributed by atoms with E-state index in [1.807, 2.05) is 0 Å². The second kappa shape index (κ2) is 7.81. The summed E-state index contributed by atoms with van der Waals surface area (Å²) in [7, 11) is -4.05. The zero-order valence-corrected chi connectivity index (χ0v) is 17.3. The number of sulfonamides is 1. The van der Waals surface area contributed by atoms with Crippen LogP contribution in [0.2, 0.25) is 5.02 Å². The van der Waals surface area contributed by atoms with Crippen molar-refractivity contribution < 1.29 is 23.4 Å². The molecule has 0 spiro atoms. The minimum absolute atomic E-state index is 0.0117. The zero-order valence-electron chi connectivity index (χ0n) is 15.7. The van der Waals surface area contributed by atoms with Crippen LogP contribution in [0.15, 0.2) is 46.1 Å². The topological polar surface area (TPSA) is 149 Å². The van der Waals surface area contributed by atoms with Gasteiger partial charge in [-0.2, -0.15) is 0 Å². The lowest BCUT2D eigenvalue weighted by Crippen LogP contribution is -2.17. The number of halogens is 1. The number of aromatic hydroxyl groups is 1. The molecule has 2 aromatic carbocycles. The van der Waals surface area contributed by atoms with Crippen molar-refractivity contribution >= 4 is 33.3 Å². The highest BCUT2D eigenvalue weighted by Crippen LogP contribution is 2.30.